The molecule has 0 aliphatic rings. The van der Waals surface area contributed by atoms with E-state index in [-0.39, 0.29) is 18.0 Å². The van der Waals surface area contributed by atoms with Crippen molar-refractivity contribution in [1.82, 2.24) is 0 Å². The fourth-order valence-corrected chi connectivity index (χ4v) is 1.26. The highest BCUT2D eigenvalue weighted by Gasteiger charge is 2.38. The van der Waals surface area contributed by atoms with Crippen LogP contribution in [-0.4, -0.2) is 27.5 Å². The van der Waals surface area contributed by atoms with E-state index < -0.39 is 36.2 Å². The van der Waals surface area contributed by atoms with Gasteiger partial charge in [0.1, 0.15) is 6.04 Å². The molecule has 0 saturated heterocycles. The van der Waals surface area contributed by atoms with Gasteiger partial charge in [-0.15, -0.1) is 12.4 Å². The van der Waals surface area contributed by atoms with Crippen LogP contribution in [0.5, 0.6) is 11.5 Å². The molecule has 1 aromatic carbocycles. The van der Waals surface area contributed by atoms with Gasteiger partial charge in [0.25, 0.3) is 0 Å². The first-order chi connectivity index (χ1) is 7.71. The normalized spacial score (nSPS) is 14.7. The lowest BCUT2D eigenvalue weighted by Gasteiger charge is -2.19. The van der Waals surface area contributed by atoms with Crippen molar-refractivity contribution in [2.75, 3.05) is 0 Å². The minimum atomic E-state index is -4.58. The van der Waals surface area contributed by atoms with Gasteiger partial charge in [0.2, 0.25) is 0 Å². The number of halogens is 4. The first-order valence-electron chi connectivity index (χ1n) is 4.74. The van der Waals surface area contributed by atoms with Crippen LogP contribution in [0.25, 0.3) is 0 Å². The third-order valence-electron chi connectivity index (χ3n) is 2.28. The number of alkyl halides is 3. The van der Waals surface area contributed by atoms with Crippen molar-refractivity contribution >= 4 is 12.4 Å². The van der Waals surface area contributed by atoms with Gasteiger partial charge in [-0.3, -0.25) is 0 Å². The number of rotatable bonds is 3. The summed E-state index contributed by atoms with van der Waals surface area (Å²) in [5, 5.41) is 27.6. The number of phenols is 2. The number of phenolic OH excluding ortho intramolecular Hbond substituents is 2. The van der Waals surface area contributed by atoms with Gasteiger partial charge >= 0.3 is 6.18 Å². The Hall–Kier alpha value is -1.18. The average molecular weight is 288 g/mol. The summed E-state index contributed by atoms with van der Waals surface area (Å²) in [7, 11) is 0. The number of benzene rings is 1. The van der Waals surface area contributed by atoms with Crippen molar-refractivity contribution in [3.63, 3.8) is 0 Å². The summed E-state index contributed by atoms with van der Waals surface area (Å²) < 4.78 is 36.4. The third kappa shape index (κ3) is 4.25. The standard InChI is InChI=1S/C10H12F3NO3.ClH/c11-10(12,13)9(14)4-7(16)5-1-2-6(15)8(17)3-5;/h1-3,7,9,15-17H,4,14H2;1H/t7-,9-;/m0./s1. The van der Waals surface area contributed by atoms with Gasteiger partial charge in [0, 0.05) is 6.42 Å². The van der Waals surface area contributed by atoms with Crippen LogP contribution in [0.3, 0.4) is 0 Å². The van der Waals surface area contributed by atoms with Gasteiger partial charge in [-0.25, -0.2) is 0 Å². The lowest BCUT2D eigenvalue weighted by atomic mass is 10.0. The molecule has 0 amide bonds. The van der Waals surface area contributed by atoms with Crippen LogP contribution >= 0.6 is 12.4 Å². The van der Waals surface area contributed by atoms with Crippen molar-refractivity contribution in [2.45, 2.75) is 24.7 Å². The molecule has 18 heavy (non-hydrogen) atoms. The summed E-state index contributed by atoms with van der Waals surface area (Å²) in [6.07, 6.45) is -6.76. The molecule has 0 aliphatic carbocycles. The third-order valence-corrected chi connectivity index (χ3v) is 2.28. The molecule has 1 aromatic rings. The molecule has 0 saturated carbocycles. The number of nitrogens with two attached hydrogens (primary N) is 1. The highest BCUT2D eigenvalue weighted by Crippen LogP contribution is 2.31. The van der Waals surface area contributed by atoms with Crippen molar-refractivity contribution in [1.29, 1.82) is 0 Å². The molecule has 2 atom stereocenters. The van der Waals surface area contributed by atoms with Crippen molar-refractivity contribution in [3.05, 3.63) is 23.8 Å². The molecule has 0 radical (unpaired) electrons. The van der Waals surface area contributed by atoms with E-state index in [1.807, 2.05) is 0 Å². The molecule has 5 N–H and O–H groups in total. The molecule has 0 aromatic heterocycles. The van der Waals surface area contributed by atoms with Crippen LogP contribution in [0.2, 0.25) is 0 Å². The molecule has 104 valence electrons. The molecule has 0 heterocycles. The number of aliphatic hydroxyl groups is 1. The maximum atomic E-state index is 12.1. The maximum absolute atomic E-state index is 12.1. The summed E-state index contributed by atoms with van der Waals surface area (Å²) in [6.45, 7) is 0. The van der Waals surface area contributed by atoms with Crippen molar-refractivity contribution in [3.8, 4) is 11.5 Å². The Morgan fingerprint density at radius 2 is 1.72 bits per heavy atom. The van der Waals surface area contributed by atoms with E-state index in [1.165, 1.54) is 6.07 Å². The number of aliphatic hydroxyl groups excluding tert-OH is 1. The molecule has 4 nitrogen and oxygen atoms in total. The lowest BCUT2D eigenvalue weighted by Crippen LogP contribution is -2.38. The van der Waals surface area contributed by atoms with Crippen molar-refractivity contribution in [2.24, 2.45) is 5.73 Å². The number of hydrogen-bond donors (Lipinski definition) is 4. The molecule has 0 spiro atoms. The van der Waals surface area contributed by atoms with E-state index in [0.29, 0.717) is 0 Å². The molecular weight excluding hydrogens is 275 g/mol. The van der Waals surface area contributed by atoms with Gasteiger partial charge in [0.15, 0.2) is 11.5 Å². The van der Waals surface area contributed by atoms with Gasteiger partial charge in [-0.2, -0.15) is 13.2 Å². The van der Waals surface area contributed by atoms with E-state index >= 15 is 0 Å². The fourth-order valence-electron chi connectivity index (χ4n) is 1.26. The second-order valence-electron chi connectivity index (χ2n) is 3.65. The van der Waals surface area contributed by atoms with Gasteiger partial charge in [-0.05, 0) is 17.7 Å². The van der Waals surface area contributed by atoms with Gasteiger partial charge < -0.3 is 21.1 Å². The first-order valence-corrected chi connectivity index (χ1v) is 4.74. The molecule has 0 bridgehead atoms. The average Bonchev–Trinajstić information content (AvgIpc) is 2.20. The Labute approximate surface area is 107 Å². The van der Waals surface area contributed by atoms with Crippen LogP contribution in [0.15, 0.2) is 18.2 Å². The summed E-state index contributed by atoms with van der Waals surface area (Å²) in [5.74, 6) is -0.928. The molecule has 0 unspecified atom stereocenters. The van der Waals surface area contributed by atoms with E-state index in [1.54, 1.807) is 0 Å². The Bertz CT molecular complexity index is 400. The summed E-state index contributed by atoms with van der Waals surface area (Å²) in [5.41, 5.74) is 4.92. The molecule has 0 fully saturated rings. The minimum absolute atomic E-state index is 0. The minimum Gasteiger partial charge on any atom is -0.504 e. The topological polar surface area (TPSA) is 86.7 Å². The lowest BCUT2D eigenvalue weighted by molar-refractivity contribution is -0.153. The second-order valence-corrected chi connectivity index (χ2v) is 3.65. The zero-order valence-electron chi connectivity index (χ0n) is 9.05. The Morgan fingerprint density at radius 3 is 2.17 bits per heavy atom. The monoisotopic (exact) mass is 287 g/mol. The van der Waals surface area contributed by atoms with Gasteiger partial charge in [0.05, 0.1) is 6.10 Å². The zero-order chi connectivity index (χ0) is 13.2. The fraction of sp³-hybridized carbons (Fsp3) is 0.400. The summed E-state index contributed by atoms with van der Waals surface area (Å²) in [6, 6.07) is 1.13. The number of aromatic hydroxyl groups is 2. The number of hydrogen-bond acceptors (Lipinski definition) is 4. The SMILES string of the molecule is Cl.N[C@@H](C[C@H](O)c1ccc(O)c(O)c1)C(F)(F)F. The molecule has 8 heteroatoms. The predicted molar refractivity (Wildman–Crippen MR) is 60.6 cm³/mol. The second kappa shape index (κ2) is 6.12. The van der Waals surface area contributed by atoms with E-state index in [2.05, 4.69) is 0 Å². The zero-order valence-corrected chi connectivity index (χ0v) is 9.87. The highest BCUT2D eigenvalue weighted by molar-refractivity contribution is 5.85. The predicted octanol–water partition coefficient (Wildman–Crippen LogP) is 1.83. The summed E-state index contributed by atoms with van der Waals surface area (Å²) in [4.78, 5) is 0. The Morgan fingerprint density at radius 1 is 1.17 bits per heavy atom. The van der Waals surface area contributed by atoms with E-state index in [4.69, 9.17) is 15.9 Å². The van der Waals surface area contributed by atoms with E-state index in [9.17, 15) is 18.3 Å². The van der Waals surface area contributed by atoms with Crippen LogP contribution in [0.1, 0.15) is 18.1 Å². The molecule has 1 rings (SSSR count). The van der Waals surface area contributed by atoms with Crippen LogP contribution in [-0.2, 0) is 0 Å². The maximum Gasteiger partial charge on any atom is 0.403 e. The Balaban J connectivity index is 0.00000289. The van der Waals surface area contributed by atoms with Crippen molar-refractivity contribution < 1.29 is 28.5 Å². The van der Waals surface area contributed by atoms with Crippen LogP contribution < -0.4 is 5.73 Å². The Kier molecular flexibility index (Phi) is 5.72. The molecular formula is C10H13ClF3NO3. The first kappa shape index (κ1) is 16.8. The van der Waals surface area contributed by atoms with Crippen LogP contribution in [0, 0.1) is 0 Å². The van der Waals surface area contributed by atoms with Gasteiger partial charge in [-0.1, -0.05) is 6.07 Å². The summed E-state index contributed by atoms with van der Waals surface area (Å²) >= 11 is 0. The van der Waals surface area contributed by atoms with Crippen LogP contribution in [0.4, 0.5) is 13.2 Å². The largest absolute Gasteiger partial charge is 0.504 e. The van der Waals surface area contributed by atoms with E-state index in [0.717, 1.165) is 12.1 Å². The highest BCUT2D eigenvalue weighted by atomic mass is 35.5. The smallest absolute Gasteiger partial charge is 0.403 e. The molecule has 0 aliphatic heterocycles. The quantitative estimate of drug-likeness (QED) is 0.639.